The van der Waals surface area contributed by atoms with Crippen LogP contribution in [0.25, 0.3) is 0 Å². The molecule has 0 atom stereocenters. The lowest BCUT2D eigenvalue weighted by molar-refractivity contribution is -0.139. The first-order chi connectivity index (χ1) is 13.8. The molecule has 0 radical (unpaired) electrons. The summed E-state index contributed by atoms with van der Waals surface area (Å²) in [6.45, 7) is 1.61. The first-order valence-corrected chi connectivity index (χ1v) is 9.65. The van der Waals surface area contributed by atoms with Crippen molar-refractivity contribution in [2.24, 2.45) is 10.2 Å². The number of rotatable bonds is 8. The first kappa shape index (κ1) is 22.4. The van der Waals surface area contributed by atoms with Crippen LogP contribution in [0.4, 0.5) is 0 Å². The number of carbonyl (C=O) groups is 3. The van der Waals surface area contributed by atoms with Gasteiger partial charge in [0.15, 0.2) is 23.3 Å². The predicted molar refractivity (Wildman–Crippen MR) is 109 cm³/mol. The van der Waals surface area contributed by atoms with Gasteiger partial charge in [-0.3, -0.25) is 10.1 Å². The van der Waals surface area contributed by atoms with Gasteiger partial charge in [0.2, 0.25) is 0 Å². The SMILES string of the molecule is CCOc1cc(C=N/N=C2/NC(=O)/C(=C\C(=O)OC)S2)cc(Br)c1OCC(=O)O. The van der Waals surface area contributed by atoms with Gasteiger partial charge < -0.3 is 19.3 Å². The lowest BCUT2D eigenvalue weighted by atomic mass is 10.2. The smallest absolute Gasteiger partial charge is 0.341 e. The molecule has 10 nitrogen and oxygen atoms in total. The molecule has 2 rings (SSSR count). The fraction of sp³-hybridized carbons (Fsp3) is 0.235. The van der Waals surface area contributed by atoms with Crippen LogP contribution in [-0.4, -0.2) is 54.7 Å². The van der Waals surface area contributed by atoms with Gasteiger partial charge in [0.25, 0.3) is 5.91 Å². The third-order valence-corrected chi connectivity index (χ3v) is 4.62. The minimum atomic E-state index is -1.11. The lowest BCUT2D eigenvalue weighted by Gasteiger charge is -2.13. The summed E-state index contributed by atoms with van der Waals surface area (Å²) in [6, 6.07) is 3.25. The van der Waals surface area contributed by atoms with Crippen molar-refractivity contribution in [2.45, 2.75) is 6.92 Å². The molecule has 1 aliphatic heterocycles. The molecule has 12 heteroatoms. The number of carbonyl (C=O) groups excluding carboxylic acids is 2. The van der Waals surface area contributed by atoms with E-state index < -0.39 is 24.5 Å². The summed E-state index contributed by atoms with van der Waals surface area (Å²) in [6.07, 6.45) is 2.48. The number of aliphatic carboxylic acids is 1. The average Bonchev–Trinajstić information content (AvgIpc) is 3.00. The number of thioether (sulfide) groups is 1. The van der Waals surface area contributed by atoms with E-state index in [2.05, 4.69) is 36.2 Å². The van der Waals surface area contributed by atoms with E-state index in [9.17, 15) is 14.4 Å². The van der Waals surface area contributed by atoms with Crippen molar-refractivity contribution in [1.82, 2.24) is 5.32 Å². The minimum Gasteiger partial charge on any atom is -0.490 e. The Kier molecular flexibility index (Phi) is 8.21. The van der Waals surface area contributed by atoms with Gasteiger partial charge in [-0.1, -0.05) is 0 Å². The maximum Gasteiger partial charge on any atom is 0.341 e. The van der Waals surface area contributed by atoms with E-state index in [1.165, 1.54) is 13.3 Å². The number of methoxy groups -OCH3 is 1. The van der Waals surface area contributed by atoms with Crippen molar-refractivity contribution in [2.75, 3.05) is 20.3 Å². The highest BCUT2D eigenvalue weighted by Gasteiger charge is 2.25. The fourth-order valence-corrected chi connectivity index (χ4v) is 3.30. The molecule has 0 aromatic heterocycles. The maximum absolute atomic E-state index is 11.8. The van der Waals surface area contributed by atoms with Gasteiger partial charge in [-0.25, -0.2) is 9.59 Å². The molecule has 0 unspecified atom stereocenters. The summed E-state index contributed by atoms with van der Waals surface area (Å²) >= 11 is 4.26. The second-order valence-electron chi connectivity index (χ2n) is 5.18. The van der Waals surface area contributed by atoms with Crippen molar-refractivity contribution in [3.63, 3.8) is 0 Å². The maximum atomic E-state index is 11.8. The predicted octanol–water partition coefficient (Wildman–Crippen LogP) is 1.92. The number of amidine groups is 1. The molecule has 154 valence electrons. The summed E-state index contributed by atoms with van der Waals surface area (Å²) in [5.41, 5.74) is 0.590. The van der Waals surface area contributed by atoms with Crippen molar-refractivity contribution in [3.8, 4) is 11.5 Å². The second-order valence-corrected chi connectivity index (χ2v) is 7.07. The zero-order chi connectivity index (χ0) is 21.4. The minimum absolute atomic E-state index is 0.145. The Morgan fingerprint density at radius 1 is 1.34 bits per heavy atom. The molecule has 0 bridgehead atoms. The van der Waals surface area contributed by atoms with Gasteiger partial charge in [0.1, 0.15) is 0 Å². The molecule has 29 heavy (non-hydrogen) atoms. The van der Waals surface area contributed by atoms with Crippen LogP contribution in [0.1, 0.15) is 12.5 Å². The van der Waals surface area contributed by atoms with E-state index in [1.807, 2.05) is 0 Å². The van der Waals surface area contributed by atoms with Crippen LogP contribution in [0.5, 0.6) is 11.5 Å². The molecule has 2 N–H and O–H groups in total. The van der Waals surface area contributed by atoms with E-state index in [0.717, 1.165) is 17.8 Å². The van der Waals surface area contributed by atoms with E-state index in [0.29, 0.717) is 22.4 Å². The molecule has 1 aromatic rings. The van der Waals surface area contributed by atoms with Crippen molar-refractivity contribution >= 4 is 56.9 Å². The number of carboxylic acids is 1. The zero-order valence-electron chi connectivity index (χ0n) is 15.3. The first-order valence-electron chi connectivity index (χ1n) is 8.04. The quantitative estimate of drug-likeness (QED) is 0.246. The van der Waals surface area contributed by atoms with Gasteiger partial charge in [0.05, 0.1) is 29.3 Å². The van der Waals surface area contributed by atoms with Crippen LogP contribution in [0.15, 0.2) is 37.8 Å². The molecule has 0 saturated carbocycles. The van der Waals surface area contributed by atoms with Crippen molar-refractivity contribution in [1.29, 1.82) is 0 Å². The van der Waals surface area contributed by atoms with Crippen molar-refractivity contribution < 1.29 is 33.7 Å². The molecular formula is C17H16BrN3O7S. The molecule has 1 aliphatic rings. The Labute approximate surface area is 178 Å². The van der Waals surface area contributed by atoms with E-state index in [1.54, 1.807) is 19.1 Å². The summed E-state index contributed by atoms with van der Waals surface area (Å²) in [4.78, 5) is 33.9. The number of ether oxygens (including phenoxy) is 3. The molecule has 1 amide bonds. The Hall–Kier alpha value is -2.86. The van der Waals surface area contributed by atoms with Gasteiger partial charge in [-0.15, -0.1) is 5.10 Å². The number of carboxylic acid groups (broad SMARTS) is 1. The van der Waals surface area contributed by atoms with Crippen molar-refractivity contribution in [3.05, 3.63) is 33.2 Å². The van der Waals surface area contributed by atoms with Crippen LogP contribution in [0, 0.1) is 0 Å². The molecule has 0 spiro atoms. The topological polar surface area (TPSA) is 136 Å². The van der Waals surface area contributed by atoms with Crippen LogP contribution in [-0.2, 0) is 19.1 Å². The monoisotopic (exact) mass is 485 g/mol. The van der Waals surface area contributed by atoms with Crippen LogP contribution >= 0.6 is 27.7 Å². The normalized spacial score (nSPS) is 16.3. The summed E-state index contributed by atoms with van der Waals surface area (Å²) in [5, 5.41) is 19.3. The highest BCUT2D eigenvalue weighted by atomic mass is 79.9. The molecule has 1 saturated heterocycles. The van der Waals surface area contributed by atoms with Crippen LogP contribution in [0.3, 0.4) is 0 Å². The molecule has 1 aromatic carbocycles. The molecule has 0 aliphatic carbocycles. The van der Waals surface area contributed by atoms with Gasteiger partial charge in [-0.05, 0) is 52.3 Å². The van der Waals surface area contributed by atoms with E-state index >= 15 is 0 Å². The zero-order valence-corrected chi connectivity index (χ0v) is 17.7. The van der Waals surface area contributed by atoms with E-state index in [4.69, 9.17) is 14.6 Å². The number of hydrogen-bond acceptors (Lipinski definition) is 9. The average molecular weight is 486 g/mol. The Balaban J connectivity index is 2.17. The number of amides is 1. The number of hydrogen-bond donors (Lipinski definition) is 2. The number of nitrogens with one attached hydrogen (secondary N) is 1. The third-order valence-electron chi connectivity index (χ3n) is 3.13. The van der Waals surface area contributed by atoms with Gasteiger partial charge >= 0.3 is 11.9 Å². The molecule has 1 heterocycles. The molecule has 1 fully saturated rings. The Bertz CT molecular complexity index is 915. The highest BCUT2D eigenvalue weighted by Crippen LogP contribution is 2.36. The Morgan fingerprint density at radius 3 is 2.76 bits per heavy atom. The van der Waals surface area contributed by atoms with Gasteiger partial charge in [-0.2, -0.15) is 5.10 Å². The number of nitrogens with zero attached hydrogens (tertiary/aromatic N) is 2. The number of esters is 1. The standard InChI is InChI=1S/C17H16BrN3O7S/c1-3-27-11-5-9(4-10(18)15(11)28-8-13(22)23)7-19-21-17-20-16(25)12(29-17)6-14(24)26-2/h4-7H,3,8H2,1-2H3,(H,22,23)(H,20,21,25)/b12-6+,19-7?. The van der Waals surface area contributed by atoms with Crippen LogP contribution in [0.2, 0.25) is 0 Å². The summed E-state index contributed by atoms with van der Waals surface area (Å²) < 4.78 is 15.7. The summed E-state index contributed by atoms with van der Waals surface area (Å²) in [7, 11) is 1.21. The number of benzene rings is 1. The molecular weight excluding hydrogens is 470 g/mol. The fourth-order valence-electron chi connectivity index (χ4n) is 1.99. The summed E-state index contributed by atoms with van der Waals surface area (Å²) in [5.74, 6) is -1.64. The second kappa shape index (κ2) is 10.6. The van der Waals surface area contributed by atoms with Crippen LogP contribution < -0.4 is 14.8 Å². The largest absolute Gasteiger partial charge is 0.490 e. The Morgan fingerprint density at radius 2 is 2.10 bits per heavy atom. The third kappa shape index (κ3) is 6.61. The lowest BCUT2D eigenvalue weighted by Crippen LogP contribution is -2.19. The van der Waals surface area contributed by atoms with E-state index in [-0.39, 0.29) is 15.8 Å². The number of halogens is 1. The highest BCUT2D eigenvalue weighted by molar-refractivity contribution is 9.10. The van der Waals surface area contributed by atoms with Gasteiger partial charge in [0, 0.05) is 6.08 Å².